The molecule has 144 valence electrons. The number of anilines is 3. The summed E-state index contributed by atoms with van der Waals surface area (Å²) < 4.78 is 40.9. The average Bonchev–Trinajstić information content (AvgIpc) is 2.70. The molecule has 0 radical (unpaired) electrons. The normalized spacial score (nSPS) is 13.6. The first-order chi connectivity index (χ1) is 13.5. The molecular weight excluding hydrogens is 377 g/mol. The van der Waals surface area contributed by atoms with Crippen LogP contribution in [0.4, 0.5) is 21.6 Å². The van der Waals surface area contributed by atoms with Crippen LogP contribution < -0.4 is 10.0 Å². The van der Waals surface area contributed by atoms with E-state index in [1.807, 2.05) is 6.07 Å². The predicted octanol–water partition coefficient (Wildman–Crippen LogP) is 4.64. The molecule has 5 nitrogen and oxygen atoms in total. The van der Waals surface area contributed by atoms with Crippen molar-refractivity contribution in [3.63, 3.8) is 0 Å². The fourth-order valence-corrected chi connectivity index (χ4v) is 4.39. The molecule has 4 rings (SSSR count). The fourth-order valence-electron chi connectivity index (χ4n) is 3.30. The Labute approximate surface area is 163 Å². The van der Waals surface area contributed by atoms with Gasteiger partial charge in [0.25, 0.3) is 10.0 Å². The standard InChI is InChI=1S/C21H20FN3O2S/c22-17-6-8-18(9-7-17)24-21-12-10-19(14-23-21)25-28(26,27)20-11-5-15-3-1-2-4-16(15)13-20/h5-14,25H,1-4H2,(H,23,24). The van der Waals surface area contributed by atoms with Crippen molar-refractivity contribution in [2.24, 2.45) is 0 Å². The van der Waals surface area contributed by atoms with Crippen LogP contribution in [0.5, 0.6) is 0 Å². The monoisotopic (exact) mass is 397 g/mol. The minimum Gasteiger partial charge on any atom is -0.340 e. The van der Waals surface area contributed by atoms with Gasteiger partial charge in [0.15, 0.2) is 0 Å². The number of pyridine rings is 1. The Morgan fingerprint density at radius 2 is 1.57 bits per heavy atom. The number of rotatable bonds is 5. The van der Waals surface area contributed by atoms with E-state index in [2.05, 4.69) is 15.0 Å². The van der Waals surface area contributed by atoms with E-state index in [1.165, 1.54) is 23.9 Å². The minimum atomic E-state index is -3.68. The van der Waals surface area contributed by atoms with Crippen LogP contribution in [0.3, 0.4) is 0 Å². The van der Waals surface area contributed by atoms with Gasteiger partial charge in [0.2, 0.25) is 0 Å². The highest BCUT2D eigenvalue weighted by Gasteiger charge is 2.18. The molecule has 3 aromatic rings. The largest absolute Gasteiger partial charge is 0.340 e. The second-order valence-electron chi connectivity index (χ2n) is 6.81. The maximum absolute atomic E-state index is 13.0. The summed E-state index contributed by atoms with van der Waals surface area (Å²) in [6.45, 7) is 0. The van der Waals surface area contributed by atoms with Crippen LogP contribution in [0.1, 0.15) is 24.0 Å². The highest BCUT2D eigenvalue weighted by Crippen LogP contribution is 2.25. The van der Waals surface area contributed by atoms with Gasteiger partial charge in [-0.3, -0.25) is 4.72 Å². The van der Waals surface area contributed by atoms with Gasteiger partial charge < -0.3 is 5.32 Å². The zero-order valence-electron chi connectivity index (χ0n) is 15.2. The molecule has 0 fully saturated rings. The highest BCUT2D eigenvalue weighted by atomic mass is 32.2. The van der Waals surface area contributed by atoms with Crippen molar-refractivity contribution in [3.05, 3.63) is 77.7 Å². The van der Waals surface area contributed by atoms with Crippen LogP contribution in [0.2, 0.25) is 0 Å². The van der Waals surface area contributed by atoms with Gasteiger partial charge in [-0.15, -0.1) is 0 Å². The van der Waals surface area contributed by atoms with E-state index in [-0.39, 0.29) is 10.7 Å². The summed E-state index contributed by atoms with van der Waals surface area (Å²) in [7, 11) is -3.68. The quantitative estimate of drug-likeness (QED) is 0.658. The second kappa shape index (κ2) is 7.59. The first-order valence-corrected chi connectivity index (χ1v) is 10.6. The SMILES string of the molecule is O=S(=O)(Nc1ccc(Nc2ccc(F)cc2)nc1)c1ccc2c(c1)CCCC2. The Bertz CT molecular complexity index is 1080. The van der Waals surface area contributed by atoms with Crippen LogP contribution >= 0.6 is 0 Å². The van der Waals surface area contributed by atoms with Gasteiger partial charge >= 0.3 is 0 Å². The third-order valence-electron chi connectivity index (χ3n) is 4.76. The number of sulfonamides is 1. The minimum absolute atomic E-state index is 0.265. The average molecular weight is 397 g/mol. The van der Waals surface area contributed by atoms with Crippen LogP contribution in [0.15, 0.2) is 65.7 Å². The van der Waals surface area contributed by atoms with Crippen LogP contribution in [-0.2, 0) is 22.9 Å². The number of fused-ring (bicyclic) bond motifs is 1. The Morgan fingerprint density at radius 1 is 0.857 bits per heavy atom. The molecule has 0 bridgehead atoms. The molecule has 0 saturated carbocycles. The van der Waals surface area contributed by atoms with Crippen molar-refractivity contribution in [1.82, 2.24) is 4.98 Å². The Balaban J connectivity index is 1.48. The van der Waals surface area contributed by atoms with E-state index < -0.39 is 10.0 Å². The third-order valence-corrected chi connectivity index (χ3v) is 6.14. The number of aromatic nitrogens is 1. The van der Waals surface area contributed by atoms with E-state index in [9.17, 15) is 12.8 Å². The summed E-state index contributed by atoms with van der Waals surface area (Å²) in [5.41, 5.74) is 3.42. The molecule has 1 aliphatic carbocycles. The number of benzene rings is 2. The van der Waals surface area contributed by atoms with Crippen molar-refractivity contribution in [2.75, 3.05) is 10.0 Å². The first kappa shape index (κ1) is 18.4. The van der Waals surface area contributed by atoms with E-state index in [4.69, 9.17) is 0 Å². The van der Waals surface area contributed by atoms with Gasteiger partial charge in [-0.2, -0.15) is 0 Å². The Morgan fingerprint density at radius 3 is 2.29 bits per heavy atom. The third kappa shape index (κ3) is 4.14. The summed E-state index contributed by atoms with van der Waals surface area (Å²) in [6, 6.07) is 14.5. The predicted molar refractivity (Wildman–Crippen MR) is 108 cm³/mol. The molecule has 2 N–H and O–H groups in total. The van der Waals surface area contributed by atoms with E-state index in [0.29, 0.717) is 17.2 Å². The van der Waals surface area contributed by atoms with Gasteiger partial charge in [0.05, 0.1) is 16.8 Å². The first-order valence-electron chi connectivity index (χ1n) is 9.13. The summed E-state index contributed by atoms with van der Waals surface area (Å²) in [5, 5.41) is 3.03. The molecule has 28 heavy (non-hydrogen) atoms. The molecule has 1 aliphatic rings. The number of halogens is 1. The van der Waals surface area contributed by atoms with Crippen LogP contribution in [-0.4, -0.2) is 13.4 Å². The number of hydrogen-bond acceptors (Lipinski definition) is 4. The topological polar surface area (TPSA) is 71.1 Å². The summed E-state index contributed by atoms with van der Waals surface area (Å²) in [5.74, 6) is 0.216. The van der Waals surface area contributed by atoms with Gasteiger partial charge in [0.1, 0.15) is 11.6 Å². The fraction of sp³-hybridized carbons (Fsp3) is 0.190. The molecule has 1 heterocycles. The smallest absolute Gasteiger partial charge is 0.261 e. The lowest BCUT2D eigenvalue weighted by Gasteiger charge is -2.17. The van der Waals surface area contributed by atoms with E-state index >= 15 is 0 Å². The number of hydrogen-bond donors (Lipinski definition) is 2. The maximum atomic E-state index is 13.0. The molecule has 0 saturated heterocycles. The van der Waals surface area contributed by atoms with Crippen molar-refractivity contribution in [2.45, 2.75) is 30.6 Å². The van der Waals surface area contributed by atoms with Gasteiger partial charge in [-0.25, -0.2) is 17.8 Å². The van der Waals surface area contributed by atoms with Crippen molar-refractivity contribution >= 4 is 27.2 Å². The van der Waals surface area contributed by atoms with E-state index in [1.54, 1.807) is 36.4 Å². The molecule has 0 unspecified atom stereocenters. The Hall–Kier alpha value is -2.93. The molecule has 0 atom stereocenters. The molecule has 7 heteroatoms. The molecule has 0 spiro atoms. The number of nitrogens with one attached hydrogen (secondary N) is 2. The van der Waals surface area contributed by atoms with Crippen LogP contribution in [0.25, 0.3) is 0 Å². The summed E-state index contributed by atoms with van der Waals surface area (Å²) in [6.07, 6.45) is 5.62. The zero-order valence-corrected chi connectivity index (χ0v) is 16.0. The zero-order chi connectivity index (χ0) is 19.6. The van der Waals surface area contributed by atoms with Crippen molar-refractivity contribution in [3.8, 4) is 0 Å². The van der Waals surface area contributed by atoms with Crippen molar-refractivity contribution < 1.29 is 12.8 Å². The second-order valence-corrected chi connectivity index (χ2v) is 8.49. The molecular formula is C21H20FN3O2S. The van der Waals surface area contributed by atoms with Gasteiger partial charge in [-0.1, -0.05) is 6.07 Å². The maximum Gasteiger partial charge on any atom is 0.261 e. The molecule has 0 amide bonds. The summed E-state index contributed by atoms with van der Waals surface area (Å²) in [4.78, 5) is 4.48. The van der Waals surface area contributed by atoms with E-state index in [0.717, 1.165) is 31.2 Å². The Kier molecular flexibility index (Phi) is 5.00. The van der Waals surface area contributed by atoms with Gasteiger partial charge in [0, 0.05) is 5.69 Å². The lowest BCUT2D eigenvalue weighted by atomic mass is 9.92. The molecule has 0 aliphatic heterocycles. The van der Waals surface area contributed by atoms with Crippen LogP contribution in [0, 0.1) is 5.82 Å². The molecule has 1 aromatic heterocycles. The summed E-state index contributed by atoms with van der Waals surface area (Å²) >= 11 is 0. The number of aryl methyl sites for hydroxylation is 2. The van der Waals surface area contributed by atoms with Crippen molar-refractivity contribution in [1.29, 1.82) is 0 Å². The lowest BCUT2D eigenvalue weighted by Crippen LogP contribution is -2.14. The highest BCUT2D eigenvalue weighted by molar-refractivity contribution is 7.92. The molecule has 2 aromatic carbocycles. The number of nitrogens with zero attached hydrogens (tertiary/aromatic N) is 1. The lowest BCUT2D eigenvalue weighted by molar-refractivity contribution is 0.600. The van der Waals surface area contributed by atoms with Gasteiger partial charge in [-0.05, 0) is 85.3 Å².